The summed E-state index contributed by atoms with van der Waals surface area (Å²) in [6, 6.07) is 2.59. The predicted octanol–water partition coefficient (Wildman–Crippen LogP) is 4.82. The average Bonchev–Trinajstić information content (AvgIpc) is 3.26. The van der Waals surface area contributed by atoms with E-state index in [4.69, 9.17) is 0 Å². The highest BCUT2D eigenvalue weighted by Gasteiger charge is 2.63. The van der Waals surface area contributed by atoms with E-state index in [1.54, 1.807) is 0 Å². The maximum Gasteiger partial charge on any atom is 0.155 e. The number of allylic oxidation sites excluding steroid dienone is 2. The summed E-state index contributed by atoms with van der Waals surface area (Å²) in [5, 5.41) is 9.71. The molecule has 0 aromatic carbocycles. The van der Waals surface area contributed by atoms with E-state index in [9.17, 15) is 10.1 Å². The standard InChI is InChI=1S/C22H27NO/c1-13-9-18-17-11-22(7-8-22)19-10-14(24)3-4-16(19)15(17)5-6-21(18,2)20(13)12-23/h10,15-18,20H,1,3-9,11H2,2H3/t15-,16-,17-,18+,20+,21+/m1/s1. The number of nitriles is 1. The first kappa shape index (κ1) is 14.9. The Kier molecular flexibility index (Phi) is 2.88. The molecule has 0 radical (unpaired) electrons. The van der Waals surface area contributed by atoms with Crippen molar-refractivity contribution in [1.82, 2.24) is 0 Å². The Morgan fingerprint density at radius 3 is 2.75 bits per heavy atom. The number of fused-ring (bicyclic) bond motifs is 6. The van der Waals surface area contributed by atoms with Gasteiger partial charge < -0.3 is 0 Å². The topological polar surface area (TPSA) is 40.9 Å². The summed E-state index contributed by atoms with van der Waals surface area (Å²) in [6.45, 7) is 6.65. The summed E-state index contributed by atoms with van der Waals surface area (Å²) in [4.78, 5) is 12.0. The van der Waals surface area contributed by atoms with Gasteiger partial charge in [-0.05, 0) is 85.5 Å². The van der Waals surface area contributed by atoms with Gasteiger partial charge in [-0.15, -0.1) is 0 Å². The molecule has 4 saturated carbocycles. The number of carbonyl (C=O) groups is 1. The zero-order valence-electron chi connectivity index (χ0n) is 14.7. The molecule has 4 fully saturated rings. The van der Waals surface area contributed by atoms with E-state index in [-0.39, 0.29) is 11.3 Å². The molecule has 5 aliphatic rings. The highest BCUT2D eigenvalue weighted by Crippen LogP contribution is 2.71. The zero-order chi connectivity index (χ0) is 16.7. The number of hydrogen-bond acceptors (Lipinski definition) is 2. The first-order valence-corrected chi connectivity index (χ1v) is 9.81. The van der Waals surface area contributed by atoms with Gasteiger partial charge in [-0.3, -0.25) is 4.79 Å². The smallest absolute Gasteiger partial charge is 0.155 e. The number of ketones is 1. The van der Waals surface area contributed by atoms with Crippen LogP contribution in [-0.4, -0.2) is 5.78 Å². The van der Waals surface area contributed by atoms with Crippen LogP contribution in [0.1, 0.15) is 58.3 Å². The minimum atomic E-state index is 0.0588. The quantitative estimate of drug-likeness (QED) is 0.600. The summed E-state index contributed by atoms with van der Waals surface area (Å²) < 4.78 is 0. The molecule has 0 N–H and O–H groups in total. The highest BCUT2D eigenvalue weighted by molar-refractivity contribution is 5.91. The number of rotatable bonds is 0. The Hall–Kier alpha value is -1.36. The maximum absolute atomic E-state index is 12.0. The summed E-state index contributed by atoms with van der Waals surface area (Å²) in [5.74, 6) is 3.22. The molecule has 126 valence electrons. The molecule has 0 unspecified atom stereocenters. The Bertz CT molecular complexity index is 706. The zero-order valence-corrected chi connectivity index (χ0v) is 14.7. The van der Waals surface area contributed by atoms with Crippen LogP contribution in [0.15, 0.2) is 23.8 Å². The third-order valence-electron chi connectivity index (χ3n) is 8.64. The van der Waals surface area contributed by atoms with Gasteiger partial charge in [0, 0.05) is 6.42 Å². The van der Waals surface area contributed by atoms with Gasteiger partial charge in [0.25, 0.3) is 0 Å². The first-order valence-electron chi connectivity index (χ1n) is 9.81. The monoisotopic (exact) mass is 321 g/mol. The largest absolute Gasteiger partial charge is 0.295 e. The molecule has 0 aromatic heterocycles. The molecular weight excluding hydrogens is 294 g/mol. The van der Waals surface area contributed by atoms with Gasteiger partial charge in [0.1, 0.15) is 0 Å². The lowest BCUT2D eigenvalue weighted by molar-refractivity contribution is -0.116. The van der Waals surface area contributed by atoms with Crippen LogP contribution < -0.4 is 0 Å². The normalized spacial score (nSPS) is 48.2. The lowest BCUT2D eigenvalue weighted by atomic mass is 9.49. The number of carbonyl (C=O) groups excluding carboxylic acids is 1. The second-order valence-electron chi connectivity index (χ2n) is 9.60. The van der Waals surface area contributed by atoms with Crippen molar-refractivity contribution in [2.45, 2.75) is 58.3 Å². The highest BCUT2D eigenvalue weighted by atomic mass is 16.1. The van der Waals surface area contributed by atoms with Crippen LogP contribution >= 0.6 is 0 Å². The molecular formula is C22H27NO. The van der Waals surface area contributed by atoms with Gasteiger partial charge in [0.15, 0.2) is 5.78 Å². The summed E-state index contributed by atoms with van der Waals surface area (Å²) in [7, 11) is 0. The third-order valence-corrected chi connectivity index (χ3v) is 8.64. The van der Waals surface area contributed by atoms with E-state index < -0.39 is 0 Å². The maximum atomic E-state index is 12.0. The van der Waals surface area contributed by atoms with Crippen LogP contribution in [-0.2, 0) is 4.79 Å². The van der Waals surface area contributed by atoms with Crippen molar-refractivity contribution in [1.29, 1.82) is 5.26 Å². The van der Waals surface area contributed by atoms with Crippen molar-refractivity contribution >= 4 is 5.78 Å². The summed E-state index contributed by atoms with van der Waals surface area (Å²) in [5.41, 5.74) is 3.24. The van der Waals surface area contributed by atoms with E-state index in [1.165, 1.54) is 43.3 Å². The van der Waals surface area contributed by atoms with Gasteiger partial charge in [0.2, 0.25) is 0 Å². The van der Waals surface area contributed by atoms with Crippen LogP contribution in [0.25, 0.3) is 0 Å². The minimum Gasteiger partial charge on any atom is -0.295 e. The molecule has 5 rings (SSSR count). The van der Waals surface area contributed by atoms with E-state index in [2.05, 4.69) is 25.6 Å². The molecule has 2 heteroatoms. The van der Waals surface area contributed by atoms with E-state index in [0.29, 0.717) is 23.0 Å². The van der Waals surface area contributed by atoms with Gasteiger partial charge in [-0.25, -0.2) is 0 Å². The van der Waals surface area contributed by atoms with Gasteiger partial charge >= 0.3 is 0 Å². The number of hydrogen-bond donors (Lipinski definition) is 0. The molecule has 0 heterocycles. The van der Waals surface area contributed by atoms with Gasteiger partial charge in [-0.1, -0.05) is 24.6 Å². The molecule has 6 atom stereocenters. The third kappa shape index (κ3) is 1.74. The van der Waals surface area contributed by atoms with Crippen LogP contribution in [0, 0.1) is 51.8 Å². The fraction of sp³-hybridized carbons (Fsp3) is 0.727. The van der Waals surface area contributed by atoms with Crippen molar-refractivity contribution in [2.75, 3.05) is 0 Å². The molecule has 0 aromatic rings. The molecule has 0 saturated heterocycles. The Morgan fingerprint density at radius 2 is 2.04 bits per heavy atom. The van der Waals surface area contributed by atoms with Crippen molar-refractivity contribution in [3.8, 4) is 6.07 Å². The van der Waals surface area contributed by atoms with E-state index in [1.807, 2.05) is 0 Å². The lowest BCUT2D eigenvalue weighted by Gasteiger charge is -2.55. The van der Waals surface area contributed by atoms with Crippen molar-refractivity contribution in [2.24, 2.45) is 40.4 Å². The molecule has 0 aliphatic heterocycles. The number of nitrogens with zero attached hydrogens (tertiary/aromatic N) is 1. The molecule has 24 heavy (non-hydrogen) atoms. The second-order valence-corrected chi connectivity index (χ2v) is 9.60. The van der Waals surface area contributed by atoms with Crippen LogP contribution in [0.5, 0.6) is 0 Å². The van der Waals surface area contributed by atoms with E-state index in [0.717, 1.165) is 31.1 Å². The molecule has 1 spiro atoms. The van der Waals surface area contributed by atoms with Crippen LogP contribution in [0.4, 0.5) is 0 Å². The molecule has 0 amide bonds. The van der Waals surface area contributed by atoms with E-state index >= 15 is 0 Å². The fourth-order valence-corrected chi connectivity index (χ4v) is 7.32. The van der Waals surface area contributed by atoms with Gasteiger partial charge in [0.05, 0.1) is 12.0 Å². The molecule has 2 nitrogen and oxygen atoms in total. The average molecular weight is 321 g/mol. The van der Waals surface area contributed by atoms with Crippen molar-refractivity contribution in [3.63, 3.8) is 0 Å². The van der Waals surface area contributed by atoms with Gasteiger partial charge in [-0.2, -0.15) is 5.26 Å². The predicted molar refractivity (Wildman–Crippen MR) is 92.8 cm³/mol. The SMILES string of the molecule is C=C1C[C@H]2[C@@H]3CC4(CC4)C4=CC(=O)CC[C@@H]4[C@H]3CC[C@]2(C)[C@H]1C#N. The Morgan fingerprint density at radius 1 is 1.25 bits per heavy atom. The summed E-state index contributed by atoms with van der Waals surface area (Å²) >= 11 is 0. The first-order chi connectivity index (χ1) is 11.5. The van der Waals surface area contributed by atoms with Crippen molar-refractivity contribution in [3.05, 3.63) is 23.8 Å². The fourth-order valence-electron chi connectivity index (χ4n) is 7.32. The molecule has 5 aliphatic carbocycles. The second kappa shape index (κ2) is 4.63. The Balaban J connectivity index is 1.55. The minimum absolute atomic E-state index is 0.0588. The van der Waals surface area contributed by atoms with Crippen LogP contribution in [0.2, 0.25) is 0 Å². The Labute approximate surface area is 145 Å². The van der Waals surface area contributed by atoms with Crippen molar-refractivity contribution < 1.29 is 4.79 Å². The molecule has 0 bridgehead atoms. The lowest BCUT2D eigenvalue weighted by Crippen LogP contribution is -2.48. The van der Waals surface area contributed by atoms with Crippen LogP contribution in [0.3, 0.4) is 0 Å². The summed E-state index contributed by atoms with van der Waals surface area (Å²) in [6.07, 6.45) is 11.2.